The van der Waals surface area contributed by atoms with Crippen LogP contribution in [0.3, 0.4) is 0 Å². The van der Waals surface area contributed by atoms with E-state index in [0.29, 0.717) is 6.54 Å². The molecule has 4 nitrogen and oxygen atoms in total. The molecule has 15 heavy (non-hydrogen) atoms. The molecule has 0 atom stereocenters. The number of hydrogen-bond acceptors (Lipinski definition) is 3. The van der Waals surface area contributed by atoms with Crippen LogP contribution < -0.4 is 9.44 Å². The first-order valence-corrected chi connectivity index (χ1v) is 7.71. The Morgan fingerprint density at radius 3 is 2.80 bits per heavy atom. The van der Waals surface area contributed by atoms with Gasteiger partial charge in [-0.2, -0.15) is 17.9 Å². The summed E-state index contributed by atoms with van der Waals surface area (Å²) < 4.78 is 28.9. The van der Waals surface area contributed by atoms with Crippen molar-refractivity contribution in [2.75, 3.05) is 0 Å². The molecule has 0 unspecified atom stereocenters. The van der Waals surface area contributed by atoms with Crippen LogP contribution in [0.25, 0.3) is 0 Å². The largest absolute Gasteiger partial charge is 0.277 e. The molecule has 0 spiro atoms. The van der Waals surface area contributed by atoms with Crippen molar-refractivity contribution >= 4 is 37.5 Å². The van der Waals surface area contributed by atoms with Crippen LogP contribution in [0, 0.1) is 0 Å². The summed E-state index contributed by atoms with van der Waals surface area (Å²) in [5, 5.41) is 1.92. The van der Waals surface area contributed by atoms with E-state index in [9.17, 15) is 8.42 Å². The minimum Gasteiger partial charge on any atom is -0.199 e. The van der Waals surface area contributed by atoms with Gasteiger partial charge in [-0.15, -0.1) is 11.3 Å². The molecule has 1 aliphatic carbocycles. The van der Waals surface area contributed by atoms with Crippen LogP contribution in [-0.4, -0.2) is 14.5 Å². The van der Waals surface area contributed by atoms with Crippen LogP contribution in [0.2, 0.25) is 0 Å². The Morgan fingerprint density at radius 2 is 2.27 bits per heavy atom. The standard InChI is InChI=1S/C8H11BrN2O2S2/c9-7-3-4-14-8(7)5-10-15(12,13)11-6-1-2-6/h3-4,6,10-11H,1-2,5H2. The van der Waals surface area contributed by atoms with E-state index >= 15 is 0 Å². The van der Waals surface area contributed by atoms with Gasteiger partial charge in [0.05, 0.1) is 0 Å². The smallest absolute Gasteiger partial charge is 0.199 e. The monoisotopic (exact) mass is 310 g/mol. The van der Waals surface area contributed by atoms with Crippen molar-refractivity contribution < 1.29 is 8.42 Å². The molecule has 0 aromatic carbocycles. The molecule has 1 fully saturated rings. The second kappa shape index (κ2) is 4.50. The zero-order valence-electron chi connectivity index (χ0n) is 7.86. The molecule has 1 aromatic rings. The average molecular weight is 311 g/mol. The van der Waals surface area contributed by atoms with E-state index in [1.54, 1.807) is 0 Å². The van der Waals surface area contributed by atoms with Crippen molar-refractivity contribution in [3.8, 4) is 0 Å². The average Bonchev–Trinajstić information content (AvgIpc) is 2.84. The molecular weight excluding hydrogens is 300 g/mol. The number of rotatable bonds is 5. The molecule has 84 valence electrons. The lowest BCUT2D eigenvalue weighted by Crippen LogP contribution is -2.37. The number of thiophene rings is 1. The second-order valence-electron chi connectivity index (χ2n) is 3.41. The topological polar surface area (TPSA) is 58.2 Å². The van der Waals surface area contributed by atoms with Gasteiger partial charge < -0.3 is 0 Å². The van der Waals surface area contributed by atoms with Gasteiger partial charge in [0.2, 0.25) is 0 Å². The van der Waals surface area contributed by atoms with Gasteiger partial charge in [0, 0.05) is 21.9 Å². The quantitative estimate of drug-likeness (QED) is 0.868. The van der Waals surface area contributed by atoms with E-state index in [2.05, 4.69) is 25.4 Å². The van der Waals surface area contributed by atoms with E-state index in [-0.39, 0.29) is 6.04 Å². The highest BCUT2D eigenvalue weighted by molar-refractivity contribution is 9.10. The molecule has 0 radical (unpaired) electrons. The summed E-state index contributed by atoms with van der Waals surface area (Å²) in [4.78, 5) is 0.983. The van der Waals surface area contributed by atoms with Crippen LogP contribution in [-0.2, 0) is 16.8 Å². The zero-order valence-corrected chi connectivity index (χ0v) is 11.1. The third kappa shape index (κ3) is 3.53. The Morgan fingerprint density at radius 1 is 1.53 bits per heavy atom. The van der Waals surface area contributed by atoms with Gasteiger partial charge in [-0.05, 0) is 40.2 Å². The first-order valence-electron chi connectivity index (χ1n) is 4.55. The Hall–Kier alpha value is 0.0500. The van der Waals surface area contributed by atoms with Crippen LogP contribution >= 0.6 is 27.3 Å². The van der Waals surface area contributed by atoms with Gasteiger partial charge in [0.25, 0.3) is 10.2 Å². The van der Waals surface area contributed by atoms with Crippen LogP contribution in [0.1, 0.15) is 17.7 Å². The fraction of sp³-hybridized carbons (Fsp3) is 0.500. The number of hydrogen-bond donors (Lipinski definition) is 2. The fourth-order valence-electron chi connectivity index (χ4n) is 1.07. The van der Waals surface area contributed by atoms with Crippen LogP contribution in [0.4, 0.5) is 0 Å². The first-order chi connectivity index (χ1) is 7.07. The van der Waals surface area contributed by atoms with Crippen molar-refractivity contribution in [2.45, 2.75) is 25.4 Å². The summed E-state index contributed by atoms with van der Waals surface area (Å²) in [6.45, 7) is 0.334. The van der Waals surface area contributed by atoms with Gasteiger partial charge in [0.1, 0.15) is 0 Å². The summed E-state index contributed by atoms with van der Waals surface area (Å²) in [6, 6.07) is 2.05. The molecule has 1 aliphatic rings. The molecule has 1 heterocycles. The first kappa shape index (κ1) is 11.5. The van der Waals surface area contributed by atoms with Gasteiger partial charge >= 0.3 is 0 Å². The van der Waals surface area contributed by atoms with E-state index in [4.69, 9.17) is 0 Å². The minimum atomic E-state index is -3.33. The SMILES string of the molecule is O=S(=O)(NCc1sccc1Br)NC1CC1. The Balaban J connectivity index is 1.89. The molecular formula is C8H11BrN2O2S2. The van der Waals surface area contributed by atoms with Gasteiger partial charge in [-0.1, -0.05) is 0 Å². The highest BCUT2D eigenvalue weighted by atomic mass is 79.9. The van der Waals surface area contributed by atoms with Gasteiger partial charge in [0.15, 0.2) is 0 Å². The maximum absolute atomic E-state index is 11.5. The Bertz CT molecular complexity index is 439. The molecule has 0 aliphatic heterocycles. The van der Waals surface area contributed by atoms with Gasteiger partial charge in [-0.3, -0.25) is 0 Å². The molecule has 0 amide bonds. The molecule has 2 rings (SSSR count). The normalized spacial score (nSPS) is 16.9. The van der Waals surface area contributed by atoms with E-state index < -0.39 is 10.2 Å². The predicted molar refractivity (Wildman–Crippen MR) is 63.9 cm³/mol. The summed E-state index contributed by atoms with van der Waals surface area (Å²) in [5.74, 6) is 0. The van der Waals surface area contributed by atoms with E-state index in [1.807, 2.05) is 11.4 Å². The predicted octanol–water partition coefficient (Wildman–Crippen LogP) is 1.60. The Labute approximate surface area is 101 Å². The van der Waals surface area contributed by atoms with E-state index in [1.165, 1.54) is 11.3 Å². The highest BCUT2D eigenvalue weighted by Gasteiger charge is 2.26. The Kier molecular flexibility index (Phi) is 3.46. The third-order valence-electron chi connectivity index (χ3n) is 2.01. The lowest BCUT2D eigenvalue weighted by Gasteiger charge is -2.06. The van der Waals surface area contributed by atoms with Crippen molar-refractivity contribution in [1.82, 2.24) is 9.44 Å². The minimum absolute atomic E-state index is 0.147. The summed E-state index contributed by atoms with van der Waals surface area (Å²) in [6.07, 6.45) is 1.90. The second-order valence-corrected chi connectivity index (χ2v) is 6.79. The van der Waals surface area contributed by atoms with Gasteiger partial charge in [-0.25, -0.2) is 0 Å². The van der Waals surface area contributed by atoms with Crippen LogP contribution in [0.15, 0.2) is 15.9 Å². The number of halogens is 1. The molecule has 7 heteroatoms. The lowest BCUT2D eigenvalue weighted by molar-refractivity contribution is 0.566. The summed E-state index contributed by atoms with van der Waals surface area (Å²) in [5.41, 5.74) is 0. The highest BCUT2D eigenvalue weighted by Crippen LogP contribution is 2.23. The summed E-state index contributed by atoms with van der Waals surface area (Å²) in [7, 11) is -3.33. The zero-order chi connectivity index (χ0) is 10.9. The molecule has 2 N–H and O–H groups in total. The van der Waals surface area contributed by atoms with E-state index in [0.717, 1.165) is 22.2 Å². The molecule has 1 aromatic heterocycles. The van der Waals surface area contributed by atoms with Crippen molar-refractivity contribution in [3.05, 3.63) is 20.8 Å². The maximum Gasteiger partial charge on any atom is 0.277 e. The van der Waals surface area contributed by atoms with Crippen molar-refractivity contribution in [3.63, 3.8) is 0 Å². The number of nitrogens with one attached hydrogen (secondary N) is 2. The van der Waals surface area contributed by atoms with Crippen LogP contribution in [0.5, 0.6) is 0 Å². The van der Waals surface area contributed by atoms with Crippen molar-refractivity contribution in [1.29, 1.82) is 0 Å². The summed E-state index contributed by atoms with van der Waals surface area (Å²) >= 11 is 4.88. The maximum atomic E-state index is 11.5. The molecule has 0 bridgehead atoms. The van der Waals surface area contributed by atoms with Crippen molar-refractivity contribution in [2.24, 2.45) is 0 Å². The third-order valence-corrected chi connectivity index (χ3v) is 5.11. The fourth-order valence-corrected chi connectivity index (χ4v) is 3.69. The lowest BCUT2D eigenvalue weighted by atomic mass is 10.5. The molecule has 0 saturated heterocycles. The molecule has 1 saturated carbocycles.